The lowest BCUT2D eigenvalue weighted by Crippen LogP contribution is -2.32. The zero-order chi connectivity index (χ0) is 14.6. The molecule has 106 valence electrons. The maximum absolute atomic E-state index is 13.1. The van der Waals surface area contributed by atoms with Gasteiger partial charge in [-0.05, 0) is 24.5 Å². The number of hydrogen-bond acceptors (Lipinski definition) is 3. The van der Waals surface area contributed by atoms with Crippen LogP contribution in [-0.4, -0.2) is 28.8 Å². The number of nitrogens with one attached hydrogen (secondary N) is 1. The third-order valence-corrected chi connectivity index (χ3v) is 2.80. The second kappa shape index (κ2) is 6.73. The molecule has 0 saturated heterocycles. The van der Waals surface area contributed by atoms with E-state index in [1.54, 1.807) is 0 Å². The Morgan fingerprint density at radius 3 is 2.68 bits per heavy atom. The Morgan fingerprint density at radius 2 is 2.11 bits per heavy atom. The Hall–Kier alpha value is -1.33. The summed E-state index contributed by atoms with van der Waals surface area (Å²) in [5, 5.41) is 21.4. The number of carbonyl (C=O) groups is 1. The summed E-state index contributed by atoms with van der Waals surface area (Å²) < 4.78 is 13.1. The van der Waals surface area contributed by atoms with E-state index >= 15 is 0 Å². The first-order valence-electron chi connectivity index (χ1n) is 5.95. The molecular weight excluding hydrogens is 273 g/mol. The molecule has 0 bridgehead atoms. The van der Waals surface area contributed by atoms with E-state index in [4.69, 9.17) is 11.6 Å². The number of amides is 1. The minimum absolute atomic E-state index is 0.0323. The lowest BCUT2D eigenvalue weighted by molar-refractivity contribution is 0.0897. The lowest BCUT2D eigenvalue weighted by Gasteiger charge is -2.14. The molecule has 0 aliphatic heterocycles. The first-order chi connectivity index (χ1) is 8.81. The van der Waals surface area contributed by atoms with Gasteiger partial charge in [0.2, 0.25) is 0 Å². The summed E-state index contributed by atoms with van der Waals surface area (Å²) in [7, 11) is 0. The highest BCUT2D eigenvalue weighted by Crippen LogP contribution is 2.28. The fraction of sp³-hybridized carbons (Fsp3) is 0.462. The van der Waals surface area contributed by atoms with Crippen LogP contribution in [0, 0.1) is 11.7 Å². The highest BCUT2D eigenvalue weighted by molar-refractivity contribution is 6.32. The highest BCUT2D eigenvalue weighted by Gasteiger charge is 2.17. The summed E-state index contributed by atoms with van der Waals surface area (Å²) >= 11 is 5.58. The van der Waals surface area contributed by atoms with Crippen molar-refractivity contribution in [3.8, 4) is 5.75 Å². The molecule has 1 atom stereocenters. The normalized spacial score (nSPS) is 12.5. The zero-order valence-corrected chi connectivity index (χ0v) is 11.5. The molecule has 0 spiro atoms. The van der Waals surface area contributed by atoms with Gasteiger partial charge in [0.1, 0.15) is 11.6 Å². The molecule has 0 heterocycles. The second-order valence-electron chi connectivity index (χ2n) is 4.78. The van der Waals surface area contributed by atoms with Crippen LogP contribution in [0.15, 0.2) is 12.1 Å². The number of halogens is 2. The fourth-order valence-electron chi connectivity index (χ4n) is 1.67. The van der Waals surface area contributed by atoms with Crippen LogP contribution >= 0.6 is 11.6 Å². The van der Waals surface area contributed by atoms with Gasteiger partial charge < -0.3 is 15.5 Å². The van der Waals surface area contributed by atoms with Gasteiger partial charge >= 0.3 is 0 Å². The summed E-state index contributed by atoms with van der Waals surface area (Å²) in [5.74, 6) is -1.57. The van der Waals surface area contributed by atoms with Crippen molar-refractivity contribution < 1.29 is 19.4 Å². The predicted octanol–water partition coefficient (Wildman–Crippen LogP) is 2.32. The molecule has 1 unspecified atom stereocenters. The highest BCUT2D eigenvalue weighted by atomic mass is 35.5. The van der Waals surface area contributed by atoms with Crippen molar-refractivity contribution in [3.63, 3.8) is 0 Å². The van der Waals surface area contributed by atoms with E-state index in [0.717, 1.165) is 12.1 Å². The third-order valence-electron chi connectivity index (χ3n) is 2.51. The molecule has 1 amide bonds. The van der Waals surface area contributed by atoms with Crippen molar-refractivity contribution in [2.24, 2.45) is 5.92 Å². The second-order valence-corrected chi connectivity index (χ2v) is 5.18. The monoisotopic (exact) mass is 289 g/mol. The molecule has 0 fully saturated rings. The number of hydrogen-bond donors (Lipinski definition) is 3. The number of benzene rings is 1. The van der Waals surface area contributed by atoms with Gasteiger partial charge in [-0.15, -0.1) is 0 Å². The van der Waals surface area contributed by atoms with Gasteiger partial charge in [0.25, 0.3) is 5.91 Å². The van der Waals surface area contributed by atoms with Crippen molar-refractivity contribution in [3.05, 3.63) is 28.5 Å². The Balaban J connectivity index is 2.69. The lowest BCUT2D eigenvalue weighted by atomic mass is 10.1. The zero-order valence-electron chi connectivity index (χ0n) is 10.8. The topological polar surface area (TPSA) is 69.6 Å². The number of aliphatic hydroxyl groups is 1. The maximum Gasteiger partial charge on any atom is 0.255 e. The summed E-state index contributed by atoms with van der Waals surface area (Å²) in [4.78, 5) is 11.8. The van der Waals surface area contributed by atoms with Crippen LogP contribution in [0.1, 0.15) is 30.6 Å². The van der Waals surface area contributed by atoms with Crippen LogP contribution in [-0.2, 0) is 0 Å². The van der Waals surface area contributed by atoms with E-state index in [9.17, 15) is 19.4 Å². The van der Waals surface area contributed by atoms with E-state index in [0.29, 0.717) is 12.3 Å². The number of aliphatic hydroxyl groups excluding tert-OH is 1. The van der Waals surface area contributed by atoms with E-state index in [1.807, 2.05) is 13.8 Å². The van der Waals surface area contributed by atoms with Crippen LogP contribution in [0.5, 0.6) is 5.75 Å². The minimum Gasteiger partial charge on any atom is -0.506 e. The molecule has 19 heavy (non-hydrogen) atoms. The quantitative estimate of drug-likeness (QED) is 0.779. The average molecular weight is 290 g/mol. The molecule has 0 aromatic heterocycles. The van der Waals surface area contributed by atoms with Crippen LogP contribution < -0.4 is 5.32 Å². The van der Waals surface area contributed by atoms with Gasteiger partial charge in [-0.1, -0.05) is 25.4 Å². The molecular formula is C13H17ClFNO3. The van der Waals surface area contributed by atoms with Crippen molar-refractivity contribution >= 4 is 17.5 Å². The molecule has 1 rings (SSSR count). The molecule has 0 aliphatic carbocycles. The van der Waals surface area contributed by atoms with Crippen LogP contribution in [0.4, 0.5) is 4.39 Å². The predicted molar refractivity (Wildman–Crippen MR) is 70.9 cm³/mol. The van der Waals surface area contributed by atoms with Gasteiger partial charge in [0.15, 0.2) is 0 Å². The van der Waals surface area contributed by atoms with Gasteiger partial charge in [-0.3, -0.25) is 4.79 Å². The number of rotatable bonds is 5. The first kappa shape index (κ1) is 15.7. The molecule has 6 heteroatoms. The average Bonchev–Trinajstić information content (AvgIpc) is 2.29. The van der Waals surface area contributed by atoms with Crippen LogP contribution in [0.3, 0.4) is 0 Å². The molecule has 1 aromatic carbocycles. The fourth-order valence-corrected chi connectivity index (χ4v) is 1.88. The van der Waals surface area contributed by atoms with E-state index in [1.165, 1.54) is 0 Å². The third kappa shape index (κ3) is 4.69. The summed E-state index contributed by atoms with van der Waals surface area (Å²) in [6, 6.07) is 1.81. The number of carbonyl (C=O) groups excluding carboxylic acids is 1. The van der Waals surface area contributed by atoms with Crippen LogP contribution in [0.2, 0.25) is 5.02 Å². The van der Waals surface area contributed by atoms with Crippen LogP contribution in [0.25, 0.3) is 0 Å². The van der Waals surface area contributed by atoms with Crippen molar-refractivity contribution in [1.29, 1.82) is 0 Å². The maximum atomic E-state index is 13.1. The van der Waals surface area contributed by atoms with Crippen molar-refractivity contribution in [1.82, 2.24) is 5.32 Å². The smallest absolute Gasteiger partial charge is 0.255 e. The summed E-state index contributed by atoms with van der Waals surface area (Å²) in [6.07, 6.45) is -0.147. The van der Waals surface area contributed by atoms with Crippen molar-refractivity contribution in [2.75, 3.05) is 6.54 Å². The molecule has 1 aromatic rings. The molecule has 0 saturated carbocycles. The molecule has 3 N–H and O–H groups in total. The van der Waals surface area contributed by atoms with Gasteiger partial charge in [0.05, 0.1) is 16.7 Å². The molecule has 0 radical (unpaired) electrons. The van der Waals surface area contributed by atoms with Crippen molar-refractivity contribution in [2.45, 2.75) is 26.4 Å². The Labute approximate surface area is 116 Å². The first-order valence-corrected chi connectivity index (χ1v) is 6.33. The molecule has 4 nitrogen and oxygen atoms in total. The van der Waals surface area contributed by atoms with E-state index in [2.05, 4.69) is 5.32 Å². The number of aromatic hydroxyl groups is 1. The Bertz CT molecular complexity index is 465. The summed E-state index contributed by atoms with van der Waals surface area (Å²) in [6.45, 7) is 3.93. The van der Waals surface area contributed by atoms with E-state index in [-0.39, 0.29) is 17.1 Å². The van der Waals surface area contributed by atoms with Gasteiger partial charge in [-0.25, -0.2) is 4.39 Å². The summed E-state index contributed by atoms with van der Waals surface area (Å²) in [5.41, 5.74) is -0.248. The minimum atomic E-state index is -0.712. The van der Waals surface area contributed by atoms with Gasteiger partial charge in [0, 0.05) is 6.54 Å². The van der Waals surface area contributed by atoms with E-state index < -0.39 is 23.6 Å². The SMILES string of the molecule is CC(C)CC(O)CNC(=O)c1cc(F)cc(Cl)c1O. The number of phenolic OH excluding ortho intramolecular Hbond substituents is 1. The largest absolute Gasteiger partial charge is 0.506 e. The number of phenols is 1. The Morgan fingerprint density at radius 1 is 1.47 bits per heavy atom. The van der Waals surface area contributed by atoms with Gasteiger partial charge in [-0.2, -0.15) is 0 Å². The standard InChI is InChI=1S/C13H17ClFNO3/c1-7(2)3-9(17)6-16-13(19)10-4-8(15)5-11(14)12(10)18/h4-5,7,9,17-18H,3,6H2,1-2H3,(H,16,19). The molecule has 0 aliphatic rings. The Kier molecular flexibility index (Phi) is 5.57.